The van der Waals surface area contributed by atoms with Crippen molar-refractivity contribution < 1.29 is 0 Å². The van der Waals surface area contributed by atoms with Gasteiger partial charge in [-0.15, -0.1) is 0 Å². The van der Waals surface area contributed by atoms with Gasteiger partial charge >= 0.3 is 0 Å². The summed E-state index contributed by atoms with van der Waals surface area (Å²) in [7, 11) is 0. The fourth-order valence-electron chi connectivity index (χ4n) is 4.45. The molecular formula is C27H30N4. The van der Waals surface area contributed by atoms with Crippen LogP contribution in [0.5, 0.6) is 0 Å². The fraction of sp³-hybridized carbons (Fsp3) is 0.296. The SMILES string of the molecule is c1ccc(N2CCN(CCCCc3ccc(-c4nc5ccccc5[nH]4)cc3)CC2)cc1. The van der Waals surface area contributed by atoms with Crippen LogP contribution < -0.4 is 4.90 Å². The van der Waals surface area contributed by atoms with Crippen molar-refractivity contribution in [2.75, 3.05) is 37.6 Å². The zero-order valence-electron chi connectivity index (χ0n) is 18.0. The quantitative estimate of drug-likeness (QED) is 0.416. The molecule has 0 atom stereocenters. The fourth-order valence-corrected chi connectivity index (χ4v) is 4.45. The molecule has 0 bridgehead atoms. The highest BCUT2D eigenvalue weighted by Gasteiger charge is 2.16. The number of anilines is 1. The van der Waals surface area contributed by atoms with Crippen molar-refractivity contribution in [1.29, 1.82) is 0 Å². The van der Waals surface area contributed by atoms with Crippen LogP contribution in [0.1, 0.15) is 18.4 Å². The van der Waals surface area contributed by atoms with Crippen LogP contribution in [0.4, 0.5) is 5.69 Å². The first-order chi connectivity index (χ1) is 15.3. The lowest BCUT2D eigenvalue weighted by Crippen LogP contribution is -2.46. The van der Waals surface area contributed by atoms with Gasteiger partial charge in [0.25, 0.3) is 0 Å². The van der Waals surface area contributed by atoms with Gasteiger partial charge < -0.3 is 9.88 Å². The van der Waals surface area contributed by atoms with Crippen LogP contribution in [0.25, 0.3) is 22.4 Å². The van der Waals surface area contributed by atoms with Gasteiger partial charge in [0, 0.05) is 37.4 Å². The number of piperazine rings is 1. The van der Waals surface area contributed by atoms with Crippen LogP contribution in [-0.2, 0) is 6.42 Å². The number of aromatic amines is 1. The van der Waals surface area contributed by atoms with Crippen LogP contribution >= 0.6 is 0 Å². The van der Waals surface area contributed by atoms with Gasteiger partial charge in [0.1, 0.15) is 5.82 Å². The molecule has 31 heavy (non-hydrogen) atoms. The molecule has 1 aliphatic heterocycles. The number of nitrogens with one attached hydrogen (secondary N) is 1. The summed E-state index contributed by atoms with van der Waals surface area (Å²) in [6.07, 6.45) is 3.64. The van der Waals surface area contributed by atoms with Gasteiger partial charge in [-0.1, -0.05) is 54.6 Å². The summed E-state index contributed by atoms with van der Waals surface area (Å²) in [5.74, 6) is 0.947. The topological polar surface area (TPSA) is 35.2 Å². The predicted molar refractivity (Wildman–Crippen MR) is 130 cm³/mol. The molecule has 0 aliphatic carbocycles. The normalized spacial score (nSPS) is 14.9. The zero-order valence-corrected chi connectivity index (χ0v) is 18.0. The zero-order chi connectivity index (χ0) is 20.9. The molecule has 4 aromatic rings. The van der Waals surface area contributed by atoms with E-state index in [-0.39, 0.29) is 0 Å². The third kappa shape index (κ3) is 4.80. The van der Waals surface area contributed by atoms with Crippen LogP contribution in [0, 0.1) is 0 Å². The van der Waals surface area contributed by atoms with E-state index < -0.39 is 0 Å². The first-order valence-electron chi connectivity index (χ1n) is 11.4. The van der Waals surface area contributed by atoms with E-state index in [4.69, 9.17) is 4.98 Å². The summed E-state index contributed by atoms with van der Waals surface area (Å²) in [5, 5.41) is 0. The Morgan fingerprint density at radius 3 is 2.26 bits per heavy atom. The molecule has 1 fully saturated rings. The number of H-pyrrole nitrogens is 1. The Morgan fingerprint density at radius 1 is 0.742 bits per heavy atom. The number of rotatable bonds is 7. The van der Waals surface area contributed by atoms with Crippen LogP contribution in [0.15, 0.2) is 78.9 Å². The second kappa shape index (κ2) is 9.36. The van der Waals surface area contributed by atoms with Gasteiger partial charge in [0.15, 0.2) is 0 Å². The predicted octanol–water partition coefficient (Wildman–Crippen LogP) is 5.37. The lowest BCUT2D eigenvalue weighted by molar-refractivity contribution is 0.253. The maximum absolute atomic E-state index is 4.70. The number of aromatic nitrogens is 2. The first-order valence-corrected chi connectivity index (χ1v) is 11.4. The van der Waals surface area contributed by atoms with Gasteiger partial charge in [0.05, 0.1) is 11.0 Å². The Morgan fingerprint density at radius 2 is 1.48 bits per heavy atom. The lowest BCUT2D eigenvalue weighted by atomic mass is 10.1. The molecule has 2 heterocycles. The highest BCUT2D eigenvalue weighted by molar-refractivity contribution is 5.79. The van der Waals surface area contributed by atoms with Crippen LogP contribution in [0.2, 0.25) is 0 Å². The van der Waals surface area contributed by atoms with E-state index in [1.54, 1.807) is 0 Å². The number of fused-ring (bicyclic) bond motifs is 1. The number of imidazole rings is 1. The molecule has 1 N–H and O–H groups in total. The number of para-hydroxylation sites is 3. The summed E-state index contributed by atoms with van der Waals surface area (Å²) in [4.78, 5) is 13.2. The minimum absolute atomic E-state index is 0.947. The van der Waals surface area contributed by atoms with Gasteiger partial charge in [-0.05, 0) is 55.6 Å². The molecule has 0 spiro atoms. The molecule has 5 rings (SSSR count). The number of nitrogens with zero attached hydrogens (tertiary/aromatic N) is 3. The molecule has 4 heteroatoms. The van der Waals surface area contributed by atoms with E-state index >= 15 is 0 Å². The van der Waals surface area contributed by atoms with Gasteiger partial charge in [-0.25, -0.2) is 4.98 Å². The molecule has 0 saturated carbocycles. The van der Waals surface area contributed by atoms with Crippen molar-refractivity contribution in [3.8, 4) is 11.4 Å². The summed E-state index contributed by atoms with van der Waals surface area (Å²) >= 11 is 0. The number of hydrogen-bond donors (Lipinski definition) is 1. The molecule has 1 aliphatic rings. The molecule has 0 radical (unpaired) electrons. The maximum atomic E-state index is 4.70. The Balaban J connectivity index is 1.06. The summed E-state index contributed by atoms with van der Waals surface area (Å²) < 4.78 is 0. The monoisotopic (exact) mass is 410 g/mol. The van der Waals surface area contributed by atoms with Crippen LogP contribution in [0.3, 0.4) is 0 Å². The van der Waals surface area contributed by atoms with E-state index in [1.165, 1.54) is 43.7 Å². The van der Waals surface area contributed by atoms with Crippen molar-refractivity contribution in [1.82, 2.24) is 14.9 Å². The highest BCUT2D eigenvalue weighted by atomic mass is 15.3. The standard InChI is InChI=1S/C27H30N4/c1-2-9-24(10-3-1)31-20-18-30(19-21-31)17-7-6-8-22-13-15-23(16-14-22)27-28-25-11-4-5-12-26(25)29-27/h1-5,9-16H,6-8,17-21H2,(H,28,29). The minimum atomic E-state index is 0.947. The second-order valence-corrected chi connectivity index (χ2v) is 8.42. The molecule has 158 valence electrons. The summed E-state index contributed by atoms with van der Waals surface area (Å²) in [5.41, 5.74) is 6.02. The second-order valence-electron chi connectivity index (χ2n) is 8.42. The Kier molecular flexibility index (Phi) is 5.99. The number of aryl methyl sites for hydroxylation is 1. The third-order valence-corrected chi connectivity index (χ3v) is 6.30. The molecular weight excluding hydrogens is 380 g/mol. The first kappa shape index (κ1) is 19.8. The van der Waals surface area contributed by atoms with E-state index in [0.29, 0.717) is 0 Å². The largest absolute Gasteiger partial charge is 0.369 e. The van der Waals surface area contributed by atoms with E-state index in [0.717, 1.165) is 41.9 Å². The third-order valence-electron chi connectivity index (χ3n) is 6.30. The summed E-state index contributed by atoms with van der Waals surface area (Å²) in [6, 6.07) is 27.9. The van der Waals surface area contributed by atoms with Gasteiger partial charge in [-0.3, -0.25) is 4.90 Å². The molecule has 3 aromatic carbocycles. The van der Waals surface area contributed by atoms with E-state index in [2.05, 4.69) is 75.4 Å². The highest BCUT2D eigenvalue weighted by Crippen LogP contribution is 2.21. The van der Waals surface area contributed by atoms with Crippen molar-refractivity contribution >= 4 is 16.7 Å². The van der Waals surface area contributed by atoms with Crippen molar-refractivity contribution in [2.24, 2.45) is 0 Å². The minimum Gasteiger partial charge on any atom is -0.369 e. The number of hydrogen-bond acceptors (Lipinski definition) is 3. The van der Waals surface area contributed by atoms with Crippen molar-refractivity contribution in [3.05, 3.63) is 84.4 Å². The average molecular weight is 411 g/mol. The Bertz CT molecular complexity index is 1060. The lowest BCUT2D eigenvalue weighted by Gasteiger charge is -2.36. The molecule has 1 saturated heterocycles. The summed E-state index contributed by atoms with van der Waals surface area (Å²) in [6.45, 7) is 5.81. The number of benzene rings is 3. The molecule has 4 nitrogen and oxygen atoms in total. The number of unbranched alkanes of at least 4 members (excludes halogenated alkanes) is 1. The van der Waals surface area contributed by atoms with Gasteiger partial charge in [-0.2, -0.15) is 0 Å². The molecule has 0 unspecified atom stereocenters. The molecule has 1 aromatic heterocycles. The smallest absolute Gasteiger partial charge is 0.138 e. The maximum Gasteiger partial charge on any atom is 0.138 e. The van der Waals surface area contributed by atoms with Crippen molar-refractivity contribution in [2.45, 2.75) is 19.3 Å². The van der Waals surface area contributed by atoms with E-state index in [9.17, 15) is 0 Å². The Hall–Kier alpha value is -3.11. The van der Waals surface area contributed by atoms with Gasteiger partial charge in [0.2, 0.25) is 0 Å². The van der Waals surface area contributed by atoms with E-state index in [1.807, 2.05) is 18.2 Å². The molecule has 0 amide bonds. The average Bonchev–Trinajstić information content (AvgIpc) is 3.28. The van der Waals surface area contributed by atoms with Crippen LogP contribution in [-0.4, -0.2) is 47.6 Å². The van der Waals surface area contributed by atoms with Crippen molar-refractivity contribution in [3.63, 3.8) is 0 Å². The Labute approximate surface area is 184 Å².